The summed E-state index contributed by atoms with van der Waals surface area (Å²) in [5.74, 6) is 0. The maximum Gasteiger partial charge on any atom is 0.0407 e. The van der Waals surface area contributed by atoms with Crippen LogP contribution in [0.15, 0.2) is 0 Å². The molecule has 0 bridgehead atoms. The second-order valence-electron chi connectivity index (χ2n) is 2.50. The smallest absolute Gasteiger partial charge is 0.0407 e. The van der Waals surface area contributed by atoms with Crippen LogP contribution in [0.3, 0.4) is 0 Å². The zero-order valence-corrected chi connectivity index (χ0v) is 11.6. The van der Waals surface area contributed by atoms with Crippen LogP contribution in [0.25, 0.3) is 0 Å². The molecule has 1 saturated carbocycles. The molecule has 1 aliphatic carbocycles. The molecule has 0 aromatic carbocycles. The lowest BCUT2D eigenvalue weighted by atomic mass is 10.0. The van der Waals surface area contributed by atoms with Crippen molar-refractivity contribution in [3.05, 3.63) is 0 Å². The number of hydrogen-bond acceptors (Lipinski definition) is 0. The SMILES string of the molecule is BrC1CCC(Br)C(Br)C1Br. The van der Waals surface area contributed by atoms with Crippen molar-refractivity contribution in [2.45, 2.75) is 32.2 Å². The second-order valence-corrected chi connectivity index (χ2v) is 6.97. The first-order valence-corrected chi connectivity index (χ1v) is 6.85. The van der Waals surface area contributed by atoms with Gasteiger partial charge in [0.25, 0.3) is 0 Å². The molecule has 0 aliphatic heterocycles. The molecule has 0 nitrogen and oxygen atoms in total. The van der Waals surface area contributed by atoms with Gasteiger partial charge in [-0.15, -0.1) is 0 Å². The lowest BCUT2D eigenvalue weighted by Crippen LogP contribution is -2.36. The normalized spacial score (nSPS) is 49.2. The van der Waals surface area contributed by atoms with Crippen molar-refractivity contribution in [2.75, 3.05) is 0 Å². The zero-order valence-electron chi connectivity index (χ0n) is 5.24. The highest BCUT2D eigenvalue weighted by molar-refractivity contribution is 9.14. The van der Waals surface area contributed by atoms with E-state index in [2.05, 4.69) is 63.7 Å². The summed E-state index contributed by atoms with van der Waals surface area (Å²) in [6.45, 7) is 0. The van der Waals surface area contributed by atoms with Crippen LogP contribution in [0, 0.1) is 0 Å². The Balaban J connectivity index is 2.52. The van der Waals surface area contributed by atoms with Crippen molar-refractivity contribution in [1.82, 2.24) is 0 Å². The summed E-state index contributed by atoms with van der Waals surface area (Å²) in [7, 11) is 0. The van der Waals surface area contributed by atoms with Crippen LogP contribution in [-0.2, 0) is 0 Å². The molecule has 1 aliphatic rings. The summed E-state index contributed by atoms with van der Waals surface area (Å²) in [5, 5.41) is 0. The molecule has 60 valence electrons. The molecule has 0 aromatic rings. The van der Waals surface area contributed by atoms with Crippen molar-refractivity contribution in [3.8, 4) is 0 Å². The molecule has 4 atom stereocenters. The van der Waals surface area contributed by atoms with Crippen LogP contribution in [0.1, 0.15) is 12.8 Å². The van der Waals surface area contributed by atoms with E-state index in [1.54, 1.807) is 0 Å². The molecule has 0 spiro atoms. The monoisotopic (exact) mass is 396 g/mol. The lowest BCUT2D eigenvalue weighted by molar-refractivity contribution is 0.574. The minimum Gasteiger partial charge on any atom is -0.0878 e. The Kier molecular flexibility index (Phi) is 4.24. The molecule has 0 aromatic heterocycles. The average molecular weight is 400 g/mol. The van der Waals surface area contributed by atoms with Gasteiger partial charge in [-0.25, -0.2) is 0 Å². The Morgan fingerprint density at radius 1 is 0.700 bits per heavy atom. The summed E-state index contributed by atoms with van der Waals surface area (Å²) >= 11 is 14.5. The predicted molar refractivity (Wildman–Crippen MR) is 60.1 cm³/mol. The highest BCUT2D eigenvalue weighted by Gasteiger charge is 2.33. The van der Waals surface area contributed by atoms with Crippen molar-refractivity contribution in [1.29, 1.82) is 0 Å². The highest BCUT2D eigenvalue weighted by atomic mass is 79.9. The Bertz CT molecular complexity index is 102. The molecule has 0 radical (unpaired) electrons. The molecular weight excluding hydrogens is 392 g/mol. The topological polar surface area (TPSA) is 0 Å². The fourth-order valence-electron chi connectivity index (χ4n) is 1.04. The minimum atomic E-state index is 0.547. The molecule has 0 saturated heterocycles. The van der Waals surface area contributed by atoms with E-state index in [1.165, 1.54) is 12.8 Å². The Morgan fingerprint density at radius 3 is 1.30 bits per heavy atom. The molecule has 1 fully saturated rings. The van der Waals surface area contributed by atoms with Gasteiger partial charge >= 0.3 is 0 Å². The standard InChI is InChI=1S/C6H8Br4/c7-3-1-2-4(8)6(10)5(3)9/h3-6H,1-2H2. The molecule has 1 rings (SSSR count). The van der Waals surface area contributed by atoms with E-state index in [9.17, 15) is 0 Å². The van der Waals surface area contributed by atoms with Crippen LogP contribution < -0.4 is 0 Å². The van der Waals surface area contributed by atoms with Crippen LogP contribution in [0.2, 0.25) is 0 Å². The highest BCUT2D eigenvalue weighted by Crippen LogP contribution is 2.37. The summed E-state index contributed by atoms with van der Waals surface area (Å²) in [6, 6.07) is 0. The van der Waals surface area contributed by atoms with Gasteiger partial charge in [-0.2, -0.15) is 0 Å². The summed E-state index contributed by atoms with van der Waals surface area (Å²) in [6.07, 6.45) is 2.49. The van der Waals surface area contributed by atoms with E-state index in [1.807, 2.05) is 0 Å². The molecule has 10 heavy (non-hydrogen) atoms. The third kappa shape index (κ3) is 2.20. The van der Waals surface area contributed by atoms with Gasteiger partial charge in [0.2, 0.25) is 0 Å². The zero-order chi connectivity index (χ0) is 7.72. The van der Waals surface area contributed by atoms with E-state index in [-0.39, 0.29) is 0 Å². The van der Waals surface area contributed by atoms with Gasteiger partial charge in [0.05, 0.1) is 0 Å². The van der Waals surface area contributed by atoms with Crippen LogP contribution in [-0.4, -0.2) is 19.3 Å². The third-order valence-electron chi connectivity index (χ3n) is 1.71. The van der Waals surface area contributed by atoms with Gasteiger partial charge in [0.15, 0.2) is 0 Å². The summed E-state index contributed by atoms with van der Waals surface area (Å²) in [5.41, 5.74) is 0. The minimum absolute atomic E-state index is 0.547. The predicted octanol–water partition coefficient (Wildman–Crippen LogP) is 3.83. The number of halogens is 4. The van der Waals surface area contributed by atoms with Crippen LogP contribution in [0.4, 0.5) is 0 Å². The molecule has 0 heterocycles. The maximum atomic E-state index is 3.64. The lowest BCUT2D eigenvalue weighted by Gasteiger charge is -2.31. The molecule has 4 unspecified atom stereocenters. The van der Waals surface area contributed by atoms with Gasteiger partial charge in [0.1, 0.15) is 0 Å². The van der Waals surface area contributed by atoms with Crippen LogP contribution in [0.5, 0.6) is 0 Å². The van der Waals surface area contributed by atoms with E-state index < -0.39 is 0 Å². The van der Waals surface area contributed by atoms with E-state index in [4.69, 9.17) is 0 Å². The van der Waals surface area contributed by atoms with E-state index >= 15 is 0 Å². The first-order chi connectivity index (χ1) is 4.63. The van der Waals surface area contributed by atoms with Gasteiger partial charge < -0.3 is 0 Å². The fraction of sp³-hybridized carbons (Fsp3) is 1.00. The molecular formula is C6H8Br4. The first-order valence-electron chi connectivity index (χ1n) is 3.19. The van der Waals surface area contributed by atoms with E-state index in [0.29, 0.717) is 19.3 Å². The number of rotatable bonds is 0. The van der Waals surface area contributed by atoms with Gasteiger partial charge in [-0.1, -0.05) is 63.7 Å². The molecule has 0 N–H and O–H groups in total. The fourth-order valence-corrected chi connectivity index (χ4v) is 4.31. The largest absolute Gasteiger partial charge is 0.0878 e. The molecule has 0 amide bonds. The second kappa shape index (κ2) is 4.24. The van der Waals surface area contributed by atoms with E-state index in [0.717, 1.165) is 0 Å². The Morgan fingerprint density at radius 2 is 1.00 bits per heavy atom. The summed E-state index contributed by atoms with van der Waals surface area (Å²) < 4.78 is 0. The third-order valence-corrected chi connectivity index (χ3v) is 8.31. The Labute approximate surface area is 95.0 Å². The summed E-state index contributed by atoms with van der Waals surface area (Å²) in [4.78, 5) is 2.33. The Hall–Kier alpha value is 1.92. The average Bonchev–Trinajstić information content (AvgIpc) is 1.93. The maximum absolute atomic E-state index is 3.64. The van der Waals surface area contributed by atoms with Crippen molar-refractivity contribution >= 4 is 63.7 Å². The van der Waals surface area contributed by atoms with Crippen LogP contribution >= 0.6 is 63.7 Å². The number of alkyl halides is 4. The first kappa shape index (κ1) is 10.0. The van der Waals surface area contributed by atoms with Crippen molar-refractivity contribution in [3.63, 3.8) is 0 Å². The van der Waals surface area contributed by atoms with Gasteiger partial charge in [-0.05, 0) is 12.8 Å². The van der Waals surface area contributed by atoms with Gasteiger partial charge in [0, 0.05) is 19.3 Å². The quantitative estimate of drug-likeness (QED) is 0.543. The molecule has 4 heteroatoms. The van der Waals surface area contributed by atoms with Crippen molar-refractivity contribution in [2.24, 2.45) is 0 Å². The van der Waals surface area contributed by atoms with Crippen molar-refractivity contribution < 1.29 is 0 Å². The number of hydrogen-bond donors (Lipinski definition) is 0. The van der Waals surface area contributed by atoms with Gasteiger partial charge in [-0.3, -0.25) is 0 Å².